The Morgan fingerprint density at radius 1 is 1.26 bits per heavy atom. The number of fused-ring (bicyclic) bond motifs is 1. The molecular weight excluding hydrogens is 232 g/mol. The summed E-state index contributed by atoms with van der Waals surface area (Å²) in [5, 5.41) is 0. The average Bonchev–Trinajstić information content (AvgIpc) is 2.60. The Labute approximate surface area is 118 Å². The van der Waals surface area contributed by atoms with Crippen LogP contribution >= 0.6 is 0 Å². The minimum absolute atomic E-state index is 0.190. The van der Waals surface area contributed by atoms with Crippen LogP contribution in [0.15, 0.2) is 24.3 Å². The van der Waals surface area contributed by atoms with E-state index in [-0.39, 0.29) is 5.41 Å². The third-order valence-corrected chi connectivity index (χ3v) is 4.35. The molecule has 0 aromatic heterocycles. The maximum atomic E-state index is 5.88. The second-order valence-electron chi connectivity index (χ2n) is 6.74. The molecular formula is C17H28N2. The van der Waals surface area contributed by atoms with Crippen LogP contribution in [0.5, 0.6) is 0 Å². The fourth-order valence-corrected chi connectivity index (χ4v) is 3.20. The zero-order valence-corrected chi connectivity index (χ0v) is 12.7. The molecule has 0 saturated heterocycles. The smallest absolute Gasteiger partial charge is 0.0348 e. The lowest BCUT2D eigenvalue weighted by molar-refractivity contribution is 0.157. The maximum Gasteiger partial charge on any atom is 0.0348 e. The highest BCUT2D eigenvalue weighted by Crippen LogP contribution is 2.33. The van der Waals surface area contributed by atoms with E-state index in [1.807, 2.05) is 0 Å². The Morgan fingerprint density at radius 3 is 2.74 bits per heavy atom. The minimum Gasteiger partial charge on any atom is -0.330 e. The van der Waals surface area contributed by atoms with E-state index in [0.29, 0.717) is 6.04 Å². The van der Waals surface area contributed by atoms with E-state index in [1.165, 1.54) is 31.2 Å². The highest BCUT2D eigenvalue weighted by molar-refractivity contribution is 5.31. The first-order valence-electron chi connectivity index (χ1n) is 7.51. The zero-order chi connectivity index (χ0) is 13.9. The van der Waals surface area contributed by atoms with Crippen molar-refractivity contribution in [1.29, 1.82) is 0 Å². The molecule has 0 bridgehead atoms. The molecule has 106 valence electrons. The van der Waals surface area contributed by atoms with E-state index in [1.54, 1.807) is 5.56 Å². The number of hydrogen-bond acceptors (Lipinski definition) is 2. The van der Waals surface area contributed by atoms with Gasteiger partial charge >= 0.3 is 0 Å². The Kier molecular flexibility index (Phi) is 4.64. The minimum atomic E-state index is 0.190. The van der Waals surface area contributed by atoms with Crippen LogP contribution in [-0.4, -0.2) is 25.0 Å². The van der Waals surface area contributed by atoms with E-state index < -0.39 is 0 Å². The summed E-state index contributed by atoms with van der Waals surface area (Å²) >= 11 is 0. The molecule has 1 atom stereocenters. The van der Waals surface area contributed by atoms with Crippen molar-refractivity contribution in [2.45, 2.75) is 45.6 Å². The Bertz CT molecular complexity index is 411. The lowest BCUT2D eigenvalue weighted by Crippen LogP contribution is -2.38. The Hall–Kier alpha value is -0.860. The SMILES string of the molecule is CN(CC(C)(C)CN)C1CCCCc2ccccc21. The lowest BCUT2D eigenvalue weighted by atomic mass is 9.91. The summed E-state index contributed by atoms with van der Waals surface area (Å²) in [7, 11) is 2.25. The summed E-state index contributed by atoms with van der Waals surface area (Å²) < 4.78 is 0. The van der Waals surface area contributed by atoms with Gasteiger partial charge in [-0.2, -0.15) is 0 Å². The predicted molar refractivity (Wildman–Crippen MR) is 82.2 cm³/mol. The molecule has 2 nitrogen and oxygen atoms in total. The third kappa shape index (κ3) is 3.58. The molecule has 0 radical (unpaired) electrons. The molecule has 19 heavy (non-hydrogen) atoms. The van der Waals surface area contributed by atoms with Gasteiger partial charge in [0.15, 0.2) is 0 Å². The second kappa shape index (κ2) is 6.06. The van der Waals surface area contributed by atoms with E-state index >= 15 is 0 Å². The van der Waals surface area contributed by atoms with Crippen molar-refractivity contribution < 1.29 is 0 Å². The van der Waals surface area contributed by atoms with Gasteiger partial charge in [-0.15, -0.1) is 0 Å². The summed E-state index contributed by atoms with van der Waals surface area (Å²) in [6.45, 7) is 6.31. The number of hydrogen-bond donors (Lipinski definition) is 1. The van der Waals surface area contributed by atoms with Gasteiger partial charge in [-0.1, -0.05) is 44.5 Å². The largest absolute Gasteiger partial charge is 0.330 e. The lowest BCUT2D eigenvalue weighted by Gasteiger charge is -2.35. The highest BCUT2D eigenvalue weighted by atomic mass is 15.1. The predicted octanol–water partition coefficient (Wildman–Crippen LogP) is 3.37. The van der Waals surface area contributed by atoms with Crippen molar-refractivity contribution in [3.63, 3.8) is 0 Å². The van der Waals surface area contributed by atoms with Crippen molar-refractivity contribution in [3.05, 3.63) is 35.4 Å². The van der Waals surface area contributed by atoms with Crippen molar-refractivity contribution in [1.82, 2.24) is 4.90 Å². The Balaban J connectivity index is 2.19. The van der Waals surface area contributed by atoms with E-state index in [2.05, 4.69) is 50.1 Å². The van der Waals surface area contributed by atoms with Crippen molar-refractivity contribution in [2.24, 2.45) is 11.1 Å². The molecule has 0 amide bonds. The fourth-order valence-electron chi connectivity index (χ4n) is 3.20. The van der Waals surface area contributed by atoms with E-state index in [0.717, 1.165) is 13.1 Å². The first-order chi connectivity index (χ1) is 9.03. The topological polar surface area (TPSA) is 29.3 Å². The van der Waals surface area contributed by atoms with Crippen molar-refractivity contribution in [3.8, 4) is 0 Å². The van der Waals surface area contributed by atoms with Crippen LogP contribution < -0.4 is 5.73 Å². The van der Waals surface area contributed by atoms with Crippen LogP contribution in [0.2, 0.25) is 0 Å². The van der Waals surface area contributed by atoms with Gasteiger partial charge in [-0.05, 0) is 49.4 Å². The molecule has 1 unspecified atom stereocenters. The molecule has 1 aliphatic carbocycles. The van der Waals surface area contributed by atoms with Crippen molar-refractivity contribution in [2.75, 3.05) is 20.1 Å². The highest BCUT2D eigenvalue weighted by Gasteiger charge is 2.26. The summed E-state index contributed by atoms with van der Waals surface area (Å²) in [4.78, 5) is 2.51. The standard InChI is InChI=1S/C17H28N2/c1-17(2,12-18)13-19(3)16-11-7-5-9-14-8-4-6-10-15(14)16/h4,6,8,10,16H,5,7,9,11-13,18H2,1-3H3. The normalized spacial score (nSPS) is 20.2. The first kappa shape index (κ1) is 14.5. The molecule has 0 aliphatic heterocycles. The summed E-state index contributed by atoms with van der Waals surface area (Å²) in [5.74, 6) is 0. The van der Waals surface area contributed by atoms with Crippen molar-refractivity contribution >= 4 is 0 Å². The van der Waals surface area contributed by atoms with E-state index in [9.17, 15) is 0 Å². The summed E-state index contributed by atoms with van der Waals surface area (Å²) in [6.07, 6.45) is 5.16. The van der Waals surface area contributed by atoms with Crippen LogP contribution in [0.25, 0.3) is 0 Å². The molecule has 1 aromatic carbocycles. The van der Waals surface area contributed by atoms with Gasteiger partial charge in [0.1, 0.15) is 0 Å². The molecule has 0 spiro atoms. The molecule has 0 heterocycles. The molecule has 0 fully saturated rings. The molecule has 1 aliphatic rings. The van der Waals surface area contributed by atoms with Gasteiger partial charge in [-0.3, -0.25) is 4.90 Å². The van der Waals surface area contributed by atoms with Crippen LogP contribution in [0.4, 0.5) is 0 Å². The third-order valence-electron chi connectivity index (χ3n) is 4.35. The second-order valence-corrected chi connectivity index (χ2v) is 6.74. The van der Waals surface area contributed by atoms with Gasteiger partial charge in [-0.25, -0.2) is 0 Å². The zero-order valence-electron chi connectivity index (χ0n) is 12.7. The van der Waals surface area contributed by atoms with Crippen LogP contribution in [0.1, 0.15) is 50.3 Å². The molecule has 2 N–H and O–H groups in total. The van der Waals surface area contributed by atoms with Crippen LogP contribution in [0.3, 0.4) is 0 Å². The molecule has 2 heteroatoms. The van der Waals surface area contributed by atoms with E-state index in [4.69, 9.17) is 5.73 Å². The first-order valence-corrected chi connectivity index (χ1v) is 7.51. The van der Waals surface area contributed by atoms with Crippen LogP contribution in [-0.2, 0) is 6.42 Å². The Morgan fingerprint density at radius 2 is 2.00 bits per heavy atom. The number of nitrogens with zero attached hydrogens (tertiary/aromatic N) is 1. The fraction of sp³-hybridized carbons (Fsp3) is 0.647. The summed E-state index contributed by atoms with van der Waals surface area (Å²) in [5.41, 5.74) is 9.15. The molecule has 2 rings (SSSR count). The number of nitrogens with two attached hydrogens (primary N) is 1. The van der Waals surface area contributed by atoms with Gasteiger partial charge in [0.05, 0.1) is 0 Å². The molecule has 1 aromatic rings. The monoisotopic (exact) mass is 260 g/mol. The van der Waals surface area contributed by atoms with Crippen LogP contribution in [0, 0.1) is 5.41 Å². The maximum absolute atomic E-state index is 5.88. The summed E-state index contributed by atoms with van der Waals surface area (Å²) in [6, 6.07) is 9.53. The number of aryl methyl sites for hydroxylation is 1. The average molecular weight is 260 g/mol. The van der Waals surface area contributed by atoms with Gasteiger partial charge in [0.25, 0.3) is 0 Å². The number of rotatable bonds is 4. The van der Waals surface area contributed by atoms with Gasteiger partial charge < -0.3 is 5.73 Å². The van der Waals surface area contributed by atoms with Gasteiger partial charge in [0, 0.05) is 12.6 Å². The number of benzene rings is 1. The molecule has 0 saturated carbocycles. The quantitative estimate of drug-likeness (QED) is 0.841. The van der Waals surface area contributed by atoms with Gasteiger partial charge in [0.2, 0.25) is 0 Å².